The molecule has 2 amide bonds. The van der Waals surface area contributed by atoms with Crippen LogP contribution in [0.2, 0.25) is 0 Å². The molecule has 0 aliphatic carbocycles. The minimum absolute atomic E-state index is 0.0268. The van der Waals surface area contributed by atoms with Crippen molar-refractivity contribution < 1.29 is 14.3 Å². The van der Waals surface area contributed by atoms with Gasteiger partial charge in [0, 0.05) is 19.5 Å². The molecule has 1 unspecified atom stereocenters. The Balaban J connectivity index is 1.50. The third-order valence-corrected chi connectivity index (χ3v) is 7.19. The predicted molar refractivity (Wildman–Crippen MR) is 137 cm³/mol. The molecule has 1 saturated heterocycles. The van der Waals surface area contributed by atoms with E-state index in [1.807, 2.05) is 54.6 Å². The van der Waals surface area contributed by atoms with Crippen LogP contribution in [0.15, 0.2) is 54.6 Å². The van der Waals surface area contributed by atoms with Gasteiger partial charge in [0.25, 0.3) is 0 Å². The van der Waals surface area contributed by atoms with Crippen LogP contribution in [-0.2, 0) is 21.5 Å². The molecular formula is C29H37N3O3. The van der Waals surface area contributed by atoms with Crippen LogP contribution >= 0.6 is 0 Å². The molecule has 1 aliphatic heterocycles. The number of amides is 2. The number of benzene rings is 2. The van der Waals surface area contributed by atoms with Crippen LogP contribution in [0.3, 0.4) is 0 Å². The number of ether oxygens (including phenoxy) is 1. The van der Waals surface area contributed by atoms with Gasteiger partial charge >= 0.3 is 0 Å². The zero-order valence-corrected chi connectivity index (χ0v) is 21.1. The molecule has 0 spiro atoms. The van der Waals surface area contributed by atoms with Gasteiger partial charge in [0.05, 0.1) is 18.6 Å². The van der Waals surface area contributed by atoms with Crippen molar-refractivity contribution in [1.82, 2.24) is 10.2 Å². The number of methoxy groups -OCH3 is 1. The van der Waals surface area contributed by atoms with Crippen LogP contribution in [0.5, 0.6) is 5.75 Å². The minimum atomic E-state index is -0.554. The molecule has 2 aromatic carbocycles. The van der Waals surface area contributed by atoms with Crippen LogP contribution in [0.1, 0.15) is 63.5 Å². The normalized spacial score (nSPS) is 17.0. The molecule has 6 heteroatoms. The van der Waals surface area contributed by atoms with E-state index in [0.29, 0.717) is 38.8 Å². The quantitative estimate of drug-likeness (QED) is 0.465. The number of carbonyl (C=O) groups is 2. The Morgan fingerprint density at radius 2 is 1.86 bits per heavy atom. The topological polar surface area (TPSA) is 82.4 Å². The highest BCUT2D eigenvalue weighted by molar-refractivity contribution is 5.88. The van der Waals surface area contributed by atoms with E-state index < -0.39 is 11.5 Å². The van der Waals surface area contributed by atoms with Crippen molar-refractivity contribution in [3.63, 3.8) is 0 Å². The maximum absolute atomic E-state index is 13.0. The molecule has 1 aliphatic rings. The first-order valence-electron chi connectivity index (χ1n) is 12.6. The summed E-state index contributed by atoms with van der Waals surface area (Å²) in [5.41, 5.74) is 1.47. The molecule has 0 aromatic heterocycles. The van der Waals surface area contributed by atoms with Crippen molar-refractivity contribution >= 4 is 11.8 Å². The Morgan fingerprint density at radius 3 is 2.49 bits per heavy atom. The van der Waals surface area contributed by atoms with E-state index in [2.05, 4.69) is 25.2 Å². The molecule has 1 heterocycles. The Hall–Kier alpha value is -3.33. The van der Waals surface area contributed by atoms with E-state index in [-0.39, 0.29) is 17.7 Å². The first-order valence-corrected chi connectivity index (χ1v) is 12.6. The maximum atomic E-state index is 13.0. The average Bonchev–Trinajstić information content (AvgIpc) is 3.38. The lowest BCUT2D eigenvalue weighted by Gasteiger charge is -2.31. The van der Waals surface area contributed by atoms with Crippen molar-refractivity contribution in [2.45, 2.75) is 70.4 Å². The van der Waals surface area contributed by atoms with Gasteiger partial charge in [0.1, 0.15) is 11.8 Å². The Kier molecular flexibility index (Phi) is 9.31. The standard InChI is InChI=1S/C29H37N3O3/c1-22(2)29(21-30,24-10-5-4-6-11-24)18-8-7-13-27(33)32-19-9-12-26(32)28(34)31-20-23-14-16-25(35-3)17-15-23/h4-6,10-11,14-17,22,26H,7-9,12-13,18-20H2,1-3H3,(H,31,34)/t26-,29?/m1/s1. The molecule has 6 nitrogen and oxygen atoms in total. The van der Waals surface area contributed by atoms with Crippen LogP contribution in [0.4, 0.5) is 0 Å². The van der Waals surface area contributed by atoms with E-state index in [1.54, 1.807) is 12.0 Å². The van der Waals surface area contributed by atoms with Crippen molar-refractivity contribution in [3.05, 3.63) is 65.7 Å². The molecule has 2 atom stereocenters. The van der Waals surface area contributed by atoms with Gasteiger partial charge in [-0.3, -0.25) is 9.59 Å². The summed E-state index contributed by atoms with van der Waals surface area (Å²) in [5.74, 6) is 0.873. The second-order valence-electron chi connectivity index (χ2n) is 9.62. The number of nitrogens with zero attached hydrogens (tertiary/aromatic N) is 2. The van der Waals surface area contributed by atoms with Gasteiger partial charge in [-0.15, -0.1) is 0 Å². The van der Waals surface area contributed by atoms with Gasteiger partial charge in [-0.05, 0) is 54.9 Å². The highest BCUT2D eigenvalue weighted by atomic mass is 16.5. The highest BCUT2D eigenvalue weighted by Crippen LogP contribution is 2.37. The molecule has 1 fully saturated rings. The summed E-state index contributed by atoms with van der Waals surface area (Å²) >= 11 is 0. The Morgan fingerprint density at radius 1 is 1.14 bits per heavy atom. The lowest BCUT2D eigenvalue weighted by atomic mass is 9.69. The van der Waals surface area contributed by atoms with E-state index in [0.717, 1.165) is 29.7 Å². The molecule has 186 valence electrons. The van der Waals surface area contributed by atoms with Crippen LogP contribution in [0, 0.1) is 17.2 Å². The molecule has 0 radical (unpaired) electrons. The lowest BCUT2D eigenvalue weighted by Crippen LogP contribution is -2.45. The summed E-state index contributed by atoms with van der Waals surface area (Å²) in [5, 5.41) is 13.0. The summed E-state index contributed by atoms with van der Waals surface area (Å²) in [6, 6.07) is 19.7. The lowest BCUT2D eigenvalue weighted by molar-refractivity contribution is -0.138. The van der Waals surface area contributed by atoms with Crippen molar-refractivity contribution in [2.24, 2.45) is 5.92 Å². The van der Waals surface area contributed by atoms with E-state index in [1.165, 1.54) is 0 Å². The largest absolute Gasteiger partial charge is 0.497 e. The Labute approximate surface area is 209 Å². The molecule has 3 rings (SSSR count). The molecule has 0 saturated carbocycles. The third-order valence-electron chi connectivity index (χ3n) is 7.19. The van der Waals surface area contributed by atoms with Crippen molar-refractivity contribution in [1.29, 1.82) is 5.26 Å². The third kappa shape index (κ3) is 6.42. The minimum Gasteiger partial charge on any atom is -0.497 e. The fourth-order valence-corrected chi connectivity index (χ4v) is 4.96. The average molecular weight is 476 g/mol. The van der Waals surface area contributed by atoms with Crippen LogP contribution in [-0.4, -0.2) is 36.4 Å². The monoisotopic (exact) mass is 475 g/mol. The smallest absolute Gasteiger partial charge is 0.243 e. The van der Waals surface area contributed by atoms with E-state index in [9.17, 15) is 14.9 Å². The van der Waals surface area contributed by atoms with Crippen LogP contribution < -0.4 is 10.1 Å². The van der Waals surface area contributed by atoms with E-state index >= 15 is 0 Å². The molecule has 35 heavy (non-hydrogen) atoms. The summed E-state index contributed by atoms with van der Waals surface area (Å²) < 4.78 is 5.17. The van der Waals surface area contributed by atoms with Gasteiger partial charge in [-0.1, -0.05) is 62.7 Å². The van der Waals surface area contributed by atoms with Crippen molar-refractivity contribution in [3.8, 4) is 11.8 Å². The molecule has 2 aromatic rings. The number of nitriles is 1. The summed E-state index contributed by atoms with van der Waals surface area (Å²) in [6.45, 7) is 5.21. The summed E-state index contributed by atoms with van der Waals surface area (Å²) in [6.07, 6.45) is 4.14. The predicted octanol–water partition coefficient (Wildman–Crippen LogP) is 4.98. The fourth-order valence-electron chi connectivity index (χ4n) is 4.96. The molecular weight excluding hydrogens is 438 g/mol. The first kappa shape index (κ1) is 26.3. The second-order valence-corrected chi connectivity index (χ2v) is 9.62. The number of unbranched alkanes of at least 4 members (excludes halogenated alkanes) is 1. The zero-order valence-electron chi connectivity index (χ0n) is 21.1. The van der Waals surface area contributed by atoms with E-state index in [4.69, 9.17) is 4.74 Å². The van der Waals surface area contributed by atoms with Gasteiger partial charge in [0.2, 0.25) is 11.8 Å². The second kappa shape index (κ2) is 12.4. The number of carbonyl (C=O) groups excluding carboxylic acids is 2. The Bertz CT molecular complexity index is 1010. The zero-order chi connectivity index (χ0) is 25.3. The fraction of sp³-hybridized carbons (Fsp3) is 0.483. The molecule has 1 N–H and O–H groups in total. The number of nitrogens with one attached hydrogen (secondary N) is 1. The number of hydrogen-bond acceptors (Lipinski definition) is 4. The number of likely N-dealkylation sites (tertiary alicyclic amines) is 1. The summed E-state index contributed by atoms with van der Waals surface area (Å²) in [7, 11) is 1.62. The van der Waals surface area contributed by atoms with Gasteiger partial charge in [0.15, 0.2) is 0 Å². The van der Waals surface area contributed by atoms with Gasteiger partial charge < -0.3 is 15.0 Å². The van der Waals surface area contributed by atoms with Gasteiger partial charge in [-0.2, -0.15) is 5.26 Å². The molecule has 0 bridgehead atoms. The number of hydrogen-bond donors (Lipinski definition) is 1. The maximum Gasteiger partial charge on any atom is 0.243 e. The van der Waals surface area contributed by atoms with Gasteiger partial charge in [-0.25, -0.2) is 0 Å². The highest BCUT2D eigenvalue weighted by Gasteiger charge is 2.36. The van der Waals surface area contributed by atoms with Crippen LogP contribution in [0.25, 0.3) is 0 Å². The van der Waals surface area contributed by atoms with Crippen molar-refractivity contribution in [2.75, 3.05) is 13.7 Å². The number of rotatable bonds is 11. The SMILES string of the molecule is COc1ccc(CNC(=O)[C@H]2CCCN2C(=O)CCCCC(C#N)(c2ccccc2)C(C)C)cc1. The summed E-state index contributed by atoms with van der Waals surface area (Å²) in [4.78, 5) is 27.5. The first-order chi connectivity index (χ1) is 16.9.